The summed E-state index contributed by atoms with van der Waals surface area (Å²) in [6.07, 6.45) is -0.0706. The van der Waals surface area contributed by atoms with Crippen LogP contribution in [0.3, 0.4) is 0 Å². The van der Waals surface area contributed by atoms with Gasteiger partial charge in [0, 0.05) is 18.7 Å². The lowest BCUT2D eigenvalue weighted by Gasteiger charge is -2.08. The van der Waals surface area contributed by atoms with Crippen LogP contribution >= 0.6 is 11.8 Å². The first-order valence-corrected chi connectivity index (χ1v) is 9.51. The zero-order valence-corrected chi connectivity index (χ0v) is 15.7. The summed E-state index contributed by atoms with van der Waals surface area (Å²) in [6, 6.07) is 14.8. The Bertz CT molecular complexity index is 901. The van der Waals surface area contributed by atoms with Gasteiger partial charge in [-0.3, -0.25) is 14.4 Å². The minimum atomic E-state index is -0.655. The topological polar surface area (TPSA) is 87.6 Å². The minimum Gasteiger partial charge on any atom is -0.352 e. The monoisotopic (exact) mass is 399 g/mol. The molecule has 0 spiro atoms. The molecule has 0 fully saturated rings. The smallest absolute Gasteiger partial charge is 0.260 e. The van der Waals surface area contributed by atoms with Crippen LogP contribution in [0.15, 0.2) is 59.6 Å². The molecule has 1 atom stereocenters. The highest BCUT2D eigenvalue weighted by molar-refractivity contribution is 8.15. The standard InChI is InChI=1S/C20H18FN3O3S/c21-14-6-8-15(9-7-14)23-18(26)10-16-20(27)24-19(28-16)11-17(25)22-12-13-4-2-1-3-5-13/h1-9,16H,10-12H2,(H,22,25)(H,23,26)/t16-/m0/s1. The van der Waals surface area contributed by atoms with Crippen molar-refractivity contribution >= 4 is 40.2 Å². The number of rotatable bonds is 7. The Morgan fingerprint density at radius 2 is 1.75 bits per heavy atom. The highest BCUT2D eigenvalue weighted by Gasteiger charge is 2.31. The van der Waals surface area contributed by atoms with Crippen molar-refractivity contribution in [3.8, 4) is 0 Å². The van der Waals surface area contributed by atoms with Gasteiger partial charge in [-0.05, 0) is 29.8 Å². The highest BCUT2D eigenvalue weighted by Crippen LogP contribution is 2.27. The van der Waals surface area contributed by atoms with Crippen LogP contribution < -0.4 is 10.6 Å². The molecule has 2 N–H and O–H groups in total. The Morgan fingerprint density at radius 1 is 1.04 bits per heavy atom. The van der Waals surface area contributed by atoms with Gasteiger partial charge in [0.15, 0.2) is 0 Å². The van der Waals surface area contributed by atoms with Crippen LogP contribution in [-0.4, -0.2) is 28.0 Å². The van der Waals surface area contributed by atoms with Crippen molar-refractivity contribution in [2.45, 2.75) is 24.6 Å². The second-order valence-electron chi connectivity index (χ2n) is 6.15. The molecule has 0 aromatic heterocycles. The first-order valence-electron chi connectivity index (χ1n) is 8.64. The van der Waals surface area contributed by atoms with Crippen LogP contribution in [-0.2, 0) is 20.9 Å². The summed E-state index contributed by atoms with van der Waals surface area (Å²) >= 11 is 1.13. The summed E-state index contributed by atoms with van der Waals surface area (Å²) in [5.41, 5.74) is 1.42. The minimum absolute atomic E-state index is 0.000673. The third-order valence-electron chi connectivity index (χ3n) is 3.93. The van der Waals surface area contributed by atoms with E-state index in [1.807, 2.05) is 30.3 Å². The van der Waals surface area contributed by atoms with Gasteiger partial charge in [-0.1, -0.05) is 42.1 Å². The molecule has 6 nitrogen and oxygen atoms in total. The molecule has 3 amide bonds. The number of nitrogens with one attached hydrogen (secondary N) is 2. The maximum Gasteiger partial charge on any atom is 0.260 e. The number of thioether (sulfide) groups is 1. The van der Waals surface area contributed by atoms with E-state index in [1.54, 1.807) is 0 Å². The van der Waals surface area contributed by atoms with E-state index in [0.717, 1.165) is 17.3 Å². The molecule has 0 unspecified atom stereocenters. The van der Waals surface area contributed by atoms with Crippen molar-refractivity contribution in [1.82, 2.24) is 5.32 Å². The molecule has 28 heavy (non-hydrogen) atoms. The lowest BCUT2D eigenvalue weighted by molar-refractivity contribution is -0.121. The summed E-state index contributed by atoms with van der Waals surface area (Å²) in [4.78, 5) is 40.0. The van der Waals surface area contributed by atoms with Gasteiger partial charge in [0.05, 0.1) is 11.5 Å². The van der Waals surface area contributed by atoms with E-state index in [2.05, 4.69) is 15.6 Å². The number of aliphatic imine (C=N–C) groups is 1. The molecule has 2 aromatic carbocycles. The summed E-state index contributed by atoms with van der Waals surface area (Å²) < 4.78 is 12.9. The van der Waals surface area contributed by atoms with Gasteiger partial charge in [0.1, 0.15) is 11.1 Å². The van der Waals surface area contributed by atoms with Crippen molar-refractivity contribution in [1.29, 1.82) is 0 Å². The summed E-state index contributed by atoms with van der Waals surface area (Å²) in [7, 11) is 0. The molecule has 2 aromatic rings. The number of benzene rings is 2. The summed E-state index contributed by atoms with van der Waals surface area (Å²) in [6.45, 7) is 0.398. The van der Waals surface area contributed by atoms with Gasteiger partial charge in [-0.15, -0.1) is 0 Å². The van der Waals surface area contributed by atoms with E-state index in [-0.39, 0.29) is 24.7 Å². The van der Waals surface area contributed by atoms with E-state index >= 15 is 0 Å². The number of nitrogens with zero attached hydrogens (tertiary/aromatic N) is 1. The van der Waals surface area contributed by atoms with Crippen LogP contribution in [0.1, 0.15) is 18.4 Å². The number of amides is 3. The predicted octanol–water partition coefficient (Wildman–Crippen LogP) is 2.90. The number of halogens is 1. The first kappa shape index (κ1) is 19.8. The molecule has 8 heteroatoms. The van der Waals surface area contributed by atoms with E-state index in [4.69, 9.17) is 0 Å². The van der Waals surface area contributed by atoms with Gasteiger partial charge < -0.3 is 10.6 Å². The number of carbonyl (C=O) groups excluding carboxylic acids is 3. The van der Waals surface area contributed by atoms with Crippen molar-refractivity contribution in [2.75, 3.05) is 5.32 Å². The number of hydrogen-bond acceptors (Lipinski definition) is 4. The molecule has 0 radical (unpaired) electrons. The molecule has 0 saturated carbocycles. The Hall–Kier alpha value is -3.00. The number of hydrogen-bond donors (Lipinski definition) is 2. The second kappa shape index (κ2) is 9.27. The fraction of sp³-hybridized carbons (Fsp3) is 0.200. The van der Waals surface area contributed by atoms with Gasteiger partial charge in [-0.2, -0.15) is 0 Å². The molecule has 0 saturated heterocycles. The third kappa shape index (κ3) is 5.75. The third-order valence-corrected chi connectivity index (χ3v) is 5.09. The molecular formula is C20H18FN3O3S. The molecule has 144 valence electrons. The molecule has 0 bridgehead atoms. The zero-order chi connectivity index (χ0) is 19.9. The Kier molecular flexibility index (Phi) is 6.54. The van der Waals surface area contributed by atoms with E-state index < -0.39 is 17.0 Å². The fourth-order valence-electron chi connectivity index (χ4n) is 2.56. The van der Waals surface area contributed by atoms with E-state index in [0.29, 0.717) is 17.3 Å². The summed E-state index contributed by atoms with van der Waals surface area (Å²) in [5, 5.41) is 5.13. The van der Waals surface area contributed by atoms with Gasteiger partial charge in [0.2, 0.25) is 11.8 Å². The fourth-order valence-corrected chi connectivity index (χ4v) is 3.63. The lowest BCUT2D eigenvalue weighted by Crippen LogP contribution is -2.24. The maximum absolute atomic E-state index is 12.9. The van der Waals surface area contributed by atoms with Crippen LogP contribution in [0.5, 0.6) is 0 Å². The quantitative estimate of drug-likeness (QED) is 0.749. The largest absolute Gasteiger partial charge is 0.352 e. The normalized spacial score (nSPS) is 15.8. The summed E-state index contributed by atoms with van der Waals surface area (Å²) in [5.74, 6) is -1.44. The average Bonchev–Trinajstić information content (AvgIpc) is 3.01. The Morgan fingerprint density at radius 3 is 2.46 bits per heavy atom. The van der Waals surface area contributed by atoms with Crippen LogP contribution in [0, 0.1) is 5.82 Å². The SMILES string of the molecule is O=C(CC1=NC(=O)[C@H](CC(=O)Nc2ccc(F)cc2)S1)NCc1ccccc1. The van der Waals surface area contributed by atoms with Crippen molar-refractivity contribution in [2.24, 2.45) is 4.99 Å². The number of carbonyl (C=O) groups is 3. The van der Waals surface area contributed by atoms with Crippen LogP contribution in [0.2, 0.25) is 0 Å². The van der Waals surface area contributed by atoms with Gasteiger partial charge >= 0.3 is 0 Å². The first-order chi connectivity index (χ1) is 13.5. The highest BCUT2D eigenvalue weighted by atomic mass is 32.2. The van der Waals surface area contributed by atoms with Crippen molar-refractivity contribution in [3.05, 3.63) is 66.0 Å². The van der Waals surface area contributed by atoms with Crippen molar-refractivity contribution in [3.63, 3.8) is 0 Å². The predicted molar refractivity (Wildman–Crippen MR) is 106 cm³/mol. The van der Waals surface area contributed by atoms with E-state index in [1.165, 1.54) is 24.3 Å². The Labute approximate surface area is 165 Å². The lowest BCUT2D eigenvalue weighted by atomic mass is 10.2. The average molecular weight is 399 g/mol. The Balaban J connectivity index is 1.44. The molecule has 3 rings (SSSR count). The van der Waals surface area contributed by atoms with Gasteiger partial charge in [0.25, 0.3) is 5.91 Å². The van der Waals surface area contributed by atoms with Crippen LogP contribution in [0.4, 0.5) is 10.1 Å². The number of anilines is 1. The van der Waals surface area contributed by atoms with E-state index in [9.17, 15) is 18.8 Å². The maximum atomic E-state index is 12.9. The van der Waals surface area contributed by atoms with Gasteiger partial charge in [-0.25, -0.2) is 9.38 Å². The molecular weight excluding hydrogens is 381 g/mol. The van der Waals surface area contributed by atoms with Crippen LogP contribution in [0.25, 0.3) is 0 Å². The molecule has 1 aliphatic rings. The zero-order valence-electron chi connectivity index (χ0n) is 14.9. The van der Waals surface area contributed by atoms with Crippen molar-refractivity contribution < 1.29 is 18.8 Å². The molecule has 1 aliphatic heterocycles. The molecule has 0 aliphatic carbocycles. The second-order valence-corrected chi connectivity index (χ2v) is 7.42. The molecule has 1 heterocycles.